The van der Waals surface area contributed by atoms with Crippen molar-refractivity contribution in [3.05, 3.63) is 0 Å². The molecule has 3 fully saturated rings. The fraction of sp³-hybridized carbons (Fsp3) is 1.00. The summed E-state index contributed by atoms with van der Waals surface area (Å²) in [7, 11) is 0. The Balaban J connectivity index is 1.71. The van der Waals surface area contributed by atoms with Crippen LogP contribution in [0.3, 0.4) is 0 Å². The van der Waals surface area contributed by atoms with Crippen molar-refractivity contribution >= 4 is 0 Å². The predicted octanol–water partition coefficient (Wildman–Crippen LogP) is 3.03. The van der Waals surface area contributed by atoms with Crippen LogP contribution in [0.2, 0.25) is 0 Å². The smallest absolute Gasteiger partial charge is 0.0224 e. The molecule has 1 aliphatic heterocycles. The zero-order valence-corrected chi connectivity index (χ0v) is 12.4. The van der Waals surface area contributed by atoms with Gasteiger partial charge in [0.05, 0.1) is 0 Å². The van der Waals surface area contributed by atoms with E-state index in [0.29, 0.717) is 5.41 Å². The Kier molecular flexibility index (Phi) is 3.44. The summed E-state index contributed by atoms with van der Waals surface area (Å²) < 4.78 is 0. The Bertz CT molecular complexity index is 295. The fourth-order valence-electron chi connectivity index (χ4n) is 4.25. The van der Waals surface area contributed by atoms with Gasteiger partial charge in [0.2, 0.25) is 0 Å². The van der Waals surface area contributed by atoms with E-state index in [0.717, 1.165) is 24.0 Å². The van der Waals surface area contributed by atoms with Gasteiger partial charge in [-0.3, -0.25) is 4.90 Å². The van der Waals surface area contributed by atoms with E-state index >= 15 is 0 Å². The van der Waals surface area contributed by atoms with E-state index in [1.165, 1.54) is 51.6 Å². The zero-order chi connectivity index (χ0) is 12.8. The molecule has 0 radical (unpaired) electrons. The van der Waals surface area contributed by atoms with Gasteiger partial charge in [-0.05, 0) is 43.9 Å². The SMILES string of the molecule is CC1CNC(C2CC2)CN1C1CCCCC1(C)C. The molecule has 0 bridgehead atoms. The molecule has 2 saturated carbocycles. The van der Waals surface area contributed by atoms with Crippen molar-refractivity contribution < 1.29 is 0 Å². The number of nitrogens with zero attached hydrogens (tertiary/aromatic N) is 1. The summed E-state index contributed by atoms with van der Waals surface area (Å²) in [5.41, 5.74) is 0.526. The summed E-state index contributed by atoms with van der Waals surface area (Å²) in [5, 5.41) is 3.79. The molecule has 104 valence electrons. The van der Waals surface area contributed by atoms with Crippen LogP contribution in [0.4, 0.5) is 0 Å². The van der Waals surface area contributed by atoms with E-state index in [9.17, 15) is 0 Å². The van der Waals surface area contributed by atoms with Crippen LogP contribution in [0.1, 0.15) is 59.3 Å². The van der Waals surface area contributed by atoms with E-state index in [-0.39, 0.29) is 0 Å². The summed E-state index contributed by atoms with van der Waals surface area (Å²) >= 11 is 0. The lowest BCUT2D eigenvalue weighted by molar-refractivity contribution is -0.00246. The molecule has 0 aromatic rings. The Hall–Kier alpha value is -0.0800. The number of piperazine rings is 1. The van der Waals surface area contributed by atoms with E-state index < -0.39 is 0 Å². The van der Waals surface area contributed by atoms with Gasteiger partial charge >= 0.3 is 0 Å². The Morgan fingerprint density at radius 2 is 1.89 bits per heavy atom. The quantitative estimate of drug-likeness (QED) is 0.810. The Morgan fingerprint density at radius 1 is 1.11 bits per heavy atom. The minimum Gasteiger partial charge on any atom is -0.311 e. The molecule has 3 unspecified atom stereocenters. The third kappa shape index (κ3) is 2.46. The van der Waals surface area contributed by atoms with Crippen LogP contribution in [0, 0.1) is 11.3 Å². The van der Waals surface area contributed by atoms with Gasteiger partial charge in [-0.1, -0.05) is 26.7 Å². The number of rotatable bonds is 2. The molecular formula is C16H30N2. The second-order valence-corrected chi connectivity index (χ2v) is 7.65. The monoisotopic (exact) mass is 250 g/mol. The fourth-order valence-corrected chi connectivity index (χ4v) is 4.25. The maximum Gasteiger partial charge on any atom is 0.0224 e. The highest BCUT2D eigenvalue weighted by molar-refractivity contribution is 4.99. The van der Waals surface area contributed by atoms with Gasteiger partial charge < -0.3 is 5.32 Å². The summed E-state index contributed by atoms with van der Waals surface area (Å²) in [6, 6.07) is 2.34. The average molecular weight is 250 g/mol. The molecule has 1 N–H and O–H groups in total. The van der Waals surface area contributed by atoms with Crippen molar-refractivity contribution in [3.63, 3.8) is 0 Å². The maximum atomic E-state index is 3.79. The van der Waals surface area contributed by atoms with Gasteiger partial charge in [-0.25, -0.2) is 0 Å². The van der Waals surface area contributed by atoms with Crippen LogP contribution >= 0.6 is 0 Å². The van der Waals surface area contributed by atoms with Crippen LogP contribution < -0.4 is 5.32 Å². The third-order valence-electron chi connectivity index (χ3n) is 5.69. The lowest BCUT2D eigenvalue weighted by Crippen LogP contribution is -2.62. The van der Waals surface area contributed by atoms with Gasteiger partial charge in [0.25, 0.3) is 0 Å². The molecule has 0 aromatic carbocycles. The molecule has 0 spiro atoms. The summed E-state index contributed by atoms with van der Waals surface area (Å²) in [4.78, 5) is 2.86. The highest BCUT2D eigenvalue weighted by Gasteiger charge is 2.43. The molecule has 3 aliphatic rings. The van der Waals surface area contributed by atoms with Crippen molar-refractivity contribution in [2.24, 2.45) is 11.3 Å². The molecule has 2 nitrogen and oxygen atoms in total. The first-order chi connectivity index (χ1) is 8.58. The highest BCUT2D eigenvalue weighted by Crippen LogP contribution is 2.41. The average Bonchev–Trinajstić information content (AvgIpc) is 3.14. The van der Waals surface area contributed by atoms with Gasteiger partial charge in [-0.15, -0.1) is 0 Å². The van der Waals surface area contributed by atoms with E-state index in [4.69, 9.17) is 0 Å². The molecule has 1 heterocycles. The van der Waals surface area contributed by atoms with Gasteiger partial charge in [0, 0.05) is 31.2 Å². The molecule has 2 heteroatoms. The Labute approximate surface area is 113 Å². The first kappa shape index (κ1) is 12.9. The molecule has 3 rings (SSSR count). The second-order valence-electron chi connectivity index (χ2n) is 7.65. The van der Waals surface area contributed by atoms with Gasteiger partial charge in [0.1, 0.15) is 0 Å². The predicted molar refractivity (Wildman–Crippen MR) is 76.7 cm³/mol. The lowest BCUT2D eigenvalue weighted by Gasteiger charge is -2.51. The molecule has 2 aliphatic carbocycles. The van der Waals surface area contributed by atoms with Crippen LogP contribution in [0.5, 0.6) is 0 Å². The maximum absolute atomic E-state index is 3.79. The largest absolute Gasteiger partial charge is 0.311 e. The highest BCUT2D eigenvalue weighted by atomic mass is 15.3. The van der Waals surface area contributed by atoms with Crippen molar-refractivity contribution in [2.45, 2.75) is 77.4 Å². The second kappa shape index (κ2) is 4.79. The van der Waals surface area contributed by atoms with Crippen molar-refractivity contribution in [2.75, 3.05) is 13.1 Å². The molecule has 0 aromatic heterocycles. The number of nitrogens with one attached hydrogen (secondary N) is 1. The standard InChI is InChI=1S/C16H30N2/c1-12-10-17-14(13-7-8-13)11-18(12)15-6-4-5-9-16(15,2)3/h12-15,17H,4-11H2,1-3H3. The zero-order valence-electron chi connectivity index (χ0n) is 12.4. The molecular weight excluding hydrogens is 220 g/mol. The summed E-state index contributed by atoms with van der Waals surface area (Å²) in [6.45, 7) is 9.92. The van der Waals surface area contributed by atoms with E-state index in [1.807, 2.05) is 0 Å². The van der Waals surface area contributed by atoms with Gasteiger partial charge in [-0.2, -0.15) is 0 Å². The van der Waals surface area contributed by atoms with E-state index in [1.54, 1.807) is 0 Å². The normalized spacial score (nSPS) is 41.8. The third-order valence-corrected chi connectivity index (χ3v) is 5.69. The summed E-state index contributed by atoms with van der Waals surface area (Å²) in [6.07, 6.45) is 8.66. The molecule has 3 atom stereocenters. The van der Waals surface area contributed by atoms with Crippen LogP contribution in [-0.2, 0) is 0 Å². The molecule has 0 amide bonds. The van der Waals surface area contributed by atoms with Crippen molar-refractivity contribution in [1.29, 1.82) is 0 Å². The summed E-state index contributed by atoms with van der Waals surface area (Å²) in [5.74, 6) is 0.992. The molecule has 18 heavy (non-hydrogen) atoms. The number of hydrogen-bond acceptors (Lipinski definition) is 2. The first-order valence-corrected chi connectivity index (χ1v) is 8.07. The van der Waals surface area contributed by atoms with Crippen LogP contribution in [0.25, 0.3) is 0 Å². The van der Waals surface area contributed by atoms with Crippen LogP contribution in [-0.4, -0.2) is 36.1 Å². The Morgan fingerprint density at radius 3 is 2.56 bits per heavy atom. The molecule has 1 saturated heterocycles. The lowest BCUT2D eigenvalue weighted by atomic mass is 9.72. The minimum atomic E-state index is 0.526. The van der Waals surface area contributed by atoms with Crippen LogP contribution in [0.15, 0.2) is 0 Å². The van der Waals surface area contributed by atoms with Gasteiger partial charge in [0.15, 0.2) is 0 Å². The number of hydrogen-bond donors (Lipinski definition) is 1. The first-order valence-electron chi connectivity index (χ1n) is 8.07. The van der Waals surface area contributed by atoms with E-state index in [2.05, 4.69) is 31.0 Å². The van der Waals surface area contributed by atoms with Crippen molar-refractivity contribution in [3.8, 4) is 0 Å². The minimum absolute atomic E-state index is 0.526. The van der Waals surface area contributed by atoms with Crippen molar-refractivity contribution in [1.82, 2.24) is 10.2 Å². The topological polar surface area (TPSA) is 15.3 Å².